The van der Waals surface area contributed by atoms with Gasteiger partial charge >= 0.3 is 0 Å². The Morgan fingerprint density at radius 1 is 1.07 bits per heavy atom. The van der Waals surface area contributed by atoms with E-state index in [1.807, 2.05) is 48.7 Å². The zero-order valence-corrected chi connectivity index (χ0v) is 18.0. The smallest absolute Gasteiger partial charge is 0.273 e. The van der Waals surface area contributed by atoms with Crippen LogP contribution in [0.25, 0.3) is 11.1 Å². The first kappa shape index (κ1) is 20.3. The summed E-state index contributed by atoms with van der Waals surface area (Å²) in [6.07, 6.45) is 15.4. The van der Waals surface area contributed by atoms with Crippen LogP contribution in [-0.4, -0.2) is 30.4 Å². The lowest BCUT2D eigenvalue weighted by molar-refractivity contribution is 0.410. The Hall–Kier alpha value is -2.96. The number of hydrogen-bond acceptors (Lipinski definition) is 5. The summed E-state index contributed by atoms with van der Waals surface area (Å²) >= 11 is 0. The molecule has 1 saturated carbocycles. The maximum absolute atomic E-state index is 13.1. The van der Waals surface area contributed by atoms with Gasteiger partial charge in [-0.3, -0.25) is 9.48 Å². The molecule has 0 unspecified atom stereocenters. The fourth-order valence-electron chi connectivity index (χ4n) is 4.31. The first-order valence-electron chi connectivity index (χ1n) is 10.7. The topological polar surface area (TPSA) is 77.6 Å². The van der Waals surface area contributed by atoms with Gasteiger partial charge in [-0.15, -0.1) is 0 Å². The average molecular weight is 407 g/mol. The molecule has 1 fully saturated rings. The van der Waals surface area contributed by atoms with Crippen molar-refractivity contribution in [3.05, 3.63) is 59.3 Å². The first-order valence-corrected chi connectivity index (χ1v) is 10.7. The van der Waals surface area contributed by atoms with Crippen LogP contribution in [0.1, 0.15) is 51.0 Å². The third kappa shape index (κ3) is 4.61. The maximum Gasteiger partial charge on any atom is 0.273 e. The quantitative estimate of drug-likeness (QED) is 0.673. The van der Waals surface area contributed by atoms with Crippen molar-refractivity contribution in [1.82, 2.24) is 24.3 Å². The zero-order valence-electron chi connectivity index (χ0n) is 18.0. The van der Waals surface area contributed by atoms with Crippen LogP contribution in [-0.2, 0) is 13.6 Å². The number of hydrogen-bond donors (Lipinski definition) is 1. The summed E-state index contributed by atoms with van der Waals surface area (Å²) in [6, 6.07) is 2.28. The van der Waals surface area contributed by atoms with Crippen LogP contribution >= 0.6 is 0 Å². The van der Waals surface area contributed by atoms with Crippen molar-refractivity contribution in [2.75, 3.05) is 5.32 Å². The molecule has 7 heteroatoms. The largest absolute Gasteiger partial charge is 0.378 e. The lowest BCUT2D eigenvalue weighted by Crippen LogP contribution is -2.31. The van der Waals surface area contributed by atoms with Gasteiger partial charge in [-0.05, 0) is 49.1 Å². The highest BCUT2D eigenvalue weighted by Gasteiger charge is 2.23. The number of aryl methyl sites for hydroxylation is 1. The van der Waals surface area contributed by atoms with E-state index >= 15 is 0 Å². The van der Waals surface area contributed by atoms with Crippen LogP contribution in [0.3, 0.4) is 0 Å². The van der Waals surface area contributed by atoms with Crippen molar-refractivity contribution < 1.29 is 0 Å². The van der Waals surface area contributed by atoms with Gasteiger partial charge in [0, 0.05) is 55.5 Å². The van der Waals surface area contributed by atoms with E-state index in [9.17, 15) is 4.79 Å². The molecule has 0 aromatic carbocycles. The summed E-state index contributed by atoms with van der Waals surface area (Å²) in [5.41, 5.74) is 3.99. The highest BCUT2D eigenvalue weighted by atomic mass is 16.1. The Labute approximate surface area is 177 Å². The highest BCUT2D eigenvalue weighted by molar-refractivity contribution is 5.65. The molecule has 0 amide bonds. The normalized spacial score (nSPS) is 19.2. The Morgan fingerprint density at radius 2 is 1.80 bits per heavy atom. The molecule has 4 rings (SSSR count). The standard InChI is InChI=1S/C23H30N6O/c1-16(2)12-29-14-18(20-11-26-28(3)13-20)8-22(23(29)30)27-21-6-4-17(5-7-21)19-9-24-15-25-10-19/h8-11,13-17,21,27H,4-7,12H2,1-3H3/t17-,21+. The second-order valence-corrected chi connectivity index (χ2v) is 8.76. The molecule has 1 N–H and O–H groups in total. The van der Waals surface area contributed by atoms with E-state index in [0.717, 1.165) is 36.8 Å². The summed E-state index contributed by atoms with van der Waals surface area (Å²) in [5, 5.41) is 7.85. The molecule has 30 heavy (non-hydrogen) atoms. The molecule has 1 aliphatic rings. The molecule has 0 bridgehead atoms. The van der Waals surface area contributed by atoms with E-state index < -0.39 is 0 Å². The van der Waals surface area contributed by atoms with E-state index in [4.69, 9.17) is 0 Å². The summed E-state index contributed by atoms with van der Waals surface area (Å²) in [5.74, 6) is 0.895. The van der Waals surface area contributed by atoms with E-state index in [0.29, 0.717) is 30.1 Å². The number of rotatable bonds is 6. The molecule has 0 spiro atoms. The Bertz CT molecular complexity index is 1030. The van der Waals surface area contributed by atoms with Crippen LogP contribution in [0.4, 0.5) is 5.69 Å². The number of anilines is 1. The van der Waals surface area contributed by atoms with Crippen LogP contribution in [0.2, 0.25) is 0 Å². The molecule has 0 radical (unpaired) electrons. The van der Waals surface area contributed by atoms with Crippen LogP contribution in [0.15, 0.2) is 48.2 Å². The van der Waals surface area contributed by atoms with Crippen molar-refractivity contribution in [3.8, 4) is 11.1 Å². The fourth-order valence-corrected chi connectivity index (χ4v) is 4.31. The minimum absolute atomic E-state index is 0.0509. The fraction of sp³-hybridized carbons (Fsp3) is 0.478. The Kier molecular flexibility index (Phi) is 5.97. The molecule has 7 nitrogen and oxygen atoms in total. The lowest BCUT2D eigenvalue weighted by Gasteiger charge is -2.29. The molecular formula is C23H30N6O. The third-order valence-corrected chi connectivity index (χ3v) is 5.82. The molecule has 0 atom stereocenters. The predicted molar refractivity (Wildman–Crippen MR) is 118 cm³/mol. The predicted octanol–water partition coefficient (Wildman–Crippen LogP) is 3.83. The van der Waals surface area contributed by atoms with Gasteiger partial charge in [-0.2, -0.15) is 5.10 Å². The maximum atomic E-state index is 13.1. The van der Waals surface area contributed by atoms with Crippen LogP contribution < -0.4 is 10.9 Å². The summed E-state index contributed by atoms with van der Waals surface area (Å²) < 4.78 is 3.62. The average Bonchev–Trinajstić information content (AvgIpc) is 3.18. The first-order chi connectivity index (χ1) is 14.5. The van der Waals surface area contributed by atoms with Crippen molar-refractivity contribution in [2.45, 2.75) is 58.0 Å². The summed E-state index contributed by atoms with van der Waals surface area (Å²) in [6.45, 7) is 4.96. The number of pyridine rings is 1. The van der Waals surface area contributed by atoms with Gasteiger partial charge < -0.3 is 9.88 Å². The van der Waals surface area contributed by atoms with Gasteiger partial charge in [0.15, 0.2) is 0 Å². The lowest BCUT2D eigenvalue weighted by atomic mass is 9.82. The van der Waals surface area contributed by atoms with Crippen molar-refractivity contribution in [2.24, 2.45) is 13.0 Å². The minimum atomic E-state index is 0.0509. The summed E-state index contributed by atoms with van der Waals surface area (Å²) in [7, 11) is 1.91. The number of aromatic nitrogens is 5. The molecular weight excluding hydrogens is 376 g/mol. The number of nitrogens with zero attached hydrogens (tertiary/aromatic N) is 5. The van der Waals surface area contributed by atoms with Crippen molar-refractivity contribution in [1.29, 1.82) is 0 Å². The molecule has 0 aliphatic heterocycles. The summed E-state index contributed by atoms with van der Waals surface area (Å²) in [4.78, 5) is 21.4. The van der Waals surface area contributed by atoms with E-state index in [2.05, 4.69) is 34.2 Å². The van der Waals surface area contributed by atoms with Gasteiger partial charge in [-0.1, -0.05) is 13.8 Å². The highest BCUT2D eigenvalue weighted by Crippen LogP contribution is 2.33. The molecule has 3 aromatic rings. The molecule has 3 aromatic heterocycles. The monoisotopic (exact) mass is 406 g/mol. The molecule has 3 heterocycles. The van der Waals surface area contributed by atoms with Crippen molar-refractivity contribution >= 4 is 5.69 Å². The van der Waals surface area contributed by atoms with Crippen molar-refractivity contribution in [3.63, 3.8) is 0 Å². The van der Waals surface area contributed by atoms with E-state index in [1.165, 1.54) is 5.56 Å². The minimum Gasteiger partial charge on any atom is -0.378 e. The van der Waals surface area contributed by atoms with Gasteiger partial charge in [0.1, 0.15) is 12.0 Å². The van der Waals surface area contributed by atoms with Gasteiger partial charge in [-0.25, -0.2) is 9.97 Å². The third-order valence-electron chi connectivity index (χ3n) is 5.82. The molecule has 1 aliphatic carbocycles. The molecule has 0 saturated heterocycles. The second kappa shape index (κ2) is 8.81. The van der Waals surface area contributed by atoms with Gasteiger partial charge in [0.25, 0.3) is 5.56 Å². The second-order valence-electron chi connectivity index (χ2n) is 8.76. The van der Waals surface area contributed by atoms with Crippen LogP contribution in [0, 0.1) is 5.92 Å². The van der Waals surface area contributed by atoms with Crippen LogP contribution in [0.5, 0.6) is 0 Å². The van der Waals surface area contributed by atoms with E-state index in [1.54, 1.807) is 11.0 Å². The Morgan fingerprint density at radius 3 is 2.43 bits per heavy atom. The molecule has 158 valence electrons. The van der Waals surface area contributed by atoms with Gasteiger partial charge in [0.2, 0.25) is 0 Å². The number of nitrogens with one attached hydrogen (secondary N) is 1. The Balaban J connectivity index is 1.54. The van der Waals surface area contributed by atoms with E-state index in [-0.39, 0.29) is 5.56 Å². The van der Waals surface area contributed by atoms with Gasteiger partial charge in [0.05, 0.1) is 6.20 Å². The zero-order chi connectivity index (χ0) is 21.1. The SMILES string of the molecule is CC(C)Cn1cc(-c2cnn(C)c2)cc(N[C@H]2CC[C@@H](c3cncnc3)CC2)c1=O.